The van der Waals surface area contributed by atoms with Gasteiger partial charge in [-0.2, -0.15) is 0 Å². The largest absolute Gasteiger partial charge is 0.302 e. The van der Waals surface area contributed by atoms with E-state index in [4.69, 9.17) is 12.2 Å². The summed E-state index contributed by atoms with van der Waals surface area (Å²) in [4.78, 5) is 26.1. The smallest absolute Gasteiger partial charge is 0.245 e. The molecule has 1 aliphatic rings. The molecule has 2 rings (SSSR count). The maximum absolute atomic E-state index is 12.6. The van der Waals surface area contributed by atoms with Crippen LogP contribution in [0.2, 0.25) is 0 Å². The van der Waals surface area contributed by atoms with Gasteiger partial charge in [-0.15, -0.1) is 0 Å². The number of rotatable bonds is 7. The highest BCUT2D eigenvalue weighted by molar-refractivity contribution is 7.80. The van der Waals surface area contributed by atoms with Crippen LogP contribution in [0.4, 0.5) is 5.69 Å². The van der Waals surface area contributed by atoms with Crippen molar-refractivity contribution in [3.8, 4) is 0 Å². The molecule has 5 heteroatoms. The van der Waals surface area contributed by atoms with Crippen molar-refractivity contribution in [1.82, 2.24) is 5.32 Å². The number of amides is 2. The van der Waals surface area contributed by atoms with Crippen LogP contribution in [0.25, 0.3) is 0 Å². The van der Waals surface area contributed by atoms with Crippen molar-refractivity contribution in [2.75, 3.05) is 4.90 Å². The molecule has 22 heavy (non-hydrogen) atoms. The molecule has 1 atom stereocenters. The van der Waals surface area contributed by atoms with Gasteiger partial charge in [0.1, 0.15) is 5.92 Å². The van der Waals surface area contributed by atoms with Gasteiger partial charge in [0.25, 0.3) is 0 Å². The number of carbonyl (C=O) groups excluding carboxylic acids is 2. The third-order valence-corrected chi connectivity index (χ3v) is 4.16. The number of nitrogens with one attached hydrogen (secondary N) is 1. The van der Waals surface area contributed by atoms with Crippen LogP contribution in [-0.2, 0) is 9.59 Å². The number of hydrogen-bond donors (Lipinski definition) is 1. The normalized spacial score (nSPS) is 18.5. The standard InChI is InChI=1S/C17H22N2O2S/c1-2-3-4-5-9-12-14-15(20)18-17(22)19(16(14)21)13-10-7-6-8-11-13/h6-8,10-11,14H,2-5,9,12H2,1H3,(H,18,20,22)/t14-/m1/s1. The minimum absolute atomic E-state index is 0.170. The molecule has 0 aromatic heterocycles. The maximum Gasteiger partial charge on any atom is 0.245 e. The molecule has 0 saturated carbocycles. The van der Waals surface area contributed by atoms with Gasteiger partial charge < -0.3 is 5.32 Å². The first kappa shape index (κ1) is 16.6. The molecule has 1 heterocycles. The van der Waals surface area contributed by atoms with Crippen LogP contribution in [0.5, 0.6) is 0 Å². The first-order valence-corrected chi connectivity index (χ1v) is 8.29. The number of hydrogen-bond acceptors (Lipinski definition) is 3. The summed E-state index contributed by atoms with van der Waals surface area (Å²) in [7, 11) is 0. The molecule has 0 aliphatic carbocycles. The molecule has 1 saturated heterocycles. The molecule has 1 N–H and O–H groups in total. The van der Waals surface area contributed by atoms with E-state index in [1.807, 2.05) is 30.3 Å². The van der Waals surface area contributed by atoms with E-state index in [1.54, 1.807) is 0 Å². The Morgan fingerprint density at radius 2 is 1.77 bits per heavy atom. The second-order valence-electron chi connectivity index (χ2n) is 5.56. The Morgan fingerprint density at radius 3 is 2.45 bits per heavy atom. The summed E-state index contributed by atoms with van der Waals surface area (Å²) in [6.07, 6.45) is 6.06. The molecule has 4 nitrogen and oxygen atoms in total. The fourth-order valence-corrected chi connectivity index (χ4v) is 2.94. The van der Waals surface area contributed by atoms with Crippen molar-refractivity contribution in [3.63, 3.8) is 0 Å². The number of nitrogens with zero attached hydrogens (tertiary/aromatic N) is 1. The van der Waals surface area contributed by atoms with Crippen LogP contribution in [-0.4, -0.2) is 16.9 Å². The summed E-state index contributed by atoms with van der Waals surface area (Å²) in [5.41, 5.74) is 0.702. The Morgan fingerprint density at radius 1 is 1.09 bits per heavy atom. The van der Waals surface area contributed by atoms with Gasteiger partial charge in [0, 0.05) is 0 Å². The summed E-state index contributed by atoms with van der Waals surface area (Å²) in [5, 5.41) is 2.83. The quantitative estimate of drug-likeness (QED) is 0.476. The van der Waals surface area contributed by atoms with E-state index in [0.717, 1.165) is 19.3 Å². The van der Waals surface area contributed by atoms with Crippen molar-refractivity contribution >= 4 is 34.8 Å². The lowest BCUT2D eigenvalue weighted by Gasteiger charge is -2.32. The van der Waals surface area contributed by atoms with Crippen LogP contribution in [0.1, 0.15) is 45.4 Å². The van der Waals surface area contributed by atoms with Gasteiger partial charge in [0.05, 0.1) is 5.69 Å². The van der Waals surface area contributed by atoms with E-state index in [-0.39, 0.29) is 16.9 Å². The molecular formula is C17H22N2O2S. The molecule has 118 valence electrons. The van der Waals surface area contributed by atoms with Crippen LogP contribution < -0.4 is 10.2 Å². The highest BCUT2D eigenvalue weighted by atomic mass is 32.1. The molecule has 1 aromatic carbocycles. The van der Waals surface area contributed by atoms with Gasteiger partial charge in [-0.25, -0.2) is 0 Å². The predicted octanol–water partition coefficient (Wildman–Crippen LogP) is 3.41. The van der Waals surface area contributed by atoms with E-state index >= 15 is 0 Å². The Bertz CT molecular complexity index is 545. The molecule has 0 bridgehead atoms. The third-order valence-electron chi connectivity index (χ3n) is 3.88. The number of benzene rings is 1. The van der Waals surface area contributed by atoms with E-state index in [2.05, 4.69) is 12.2 Å². The summed E-state index contributed by atoms with van der Waals surface area (Å²) in [6.45, 7) is 2.16. The maximum atomic E-state index is 12.6. The minimum Gasteiger partial charge on any atom is -0.302 e. The topological polar surface area (TPSA) is 49.4 Å². The van der Waals surface area contributed by atoms with Gasteiger partial charge >= 0.3 is 0 Å². The summed E-state index contributed by atoms with van der Waals surface area (Å²) in [5.74, 6) is -1.11. The van der Waals surface area contributed by atoms with Crippen LogP contribution in [0, 0.1) is 5.92 Å². The molecule has 0 unspecified atom stereocenters. The minimum atomic E-state index is -0.631. The third kappa shape index (κ3) is 3.91. The van der Waals surface area contributed by atoms with Gasteiger partial charge in [0.15, 0.2) is 5.11 Å². The summed E-state index contributed by atoms with van der Waals surface area (Å²) in [6, 6.07) is 9.22. The van der Waals surface area contributed by atoms with E-state index in [9.17, 15) is 9.59 Å². The molecular weight excluding hydrogens is 296 g/mol. The highest BCUT2D eigenvalue weighted by Gasteiger charge is 2.38. The van der Waals surface area contributed by atoms with Gasteiger partial charge in [-0.1, -0.05) is 57.2 Å². The van der Waals surface area contributed by atoms with Crippen LogP contribution in [0.3, 0.4) is 0 Å². The number of thiocarbonyl (C=S) groups is 1. The van der Waals surface area contributed by atoms with E-state index in [0.29, 0.717) is 12.1 Å². The average molecular weight is 318 g/mol. The zero-order valence-electron chi connectivity index (χ0n) is 12.9. The van der Waals surface area contributed by atoms with Gasteiger partial charge in [0.2, 0.25) is 11.8 Å². The van der Waals surface area contributed by atoms with E-state index in [1.165, 1.54) is 17.7 Å². The van der Waals surface area contributed by atoms with Crippen molar-refractivity contribution in [2.24, 2.45) is 5.92 Å². The van der Waals surface area contributed by atoms with Gasteiger partial charge in [-0.05, 0) is 30.8 Å². The lowest BCUT2D eigenvalue weighted by molar-refractivity contribution is -0.134. The van der Waals surface area contributed by atoms with Crippen molar-refractivity contribution in [1.29, 1.82) is 0 Å². The second kappa shape index (κ2) is 8.03. The molecule has 1 fully saturated rings. The SMILES string of the molecule is CCCCCCC[C@@H]1C(=O)NC(=S)N(c2ccccc2)C1=O. The number of anilines is 1. The first-order valence-electron chi connectivity index (χ1n) is 7.89. The van der Waals surface area contributed by atoms with Crippen molar-refractivity contribution in [2.45, 2.75) is 45.4 Å². The van der Waals surface area contributed by atoms with Gasteiger partial charge in [-0.3, -0.25) is 14.5 Å². The molecule has 1 aliphatic heterocycles. The Balaban J connectivity index is 2.03. The fraction of sp³-hybridized carbons (Fsp3) is 0.471. The Kier molecular flexibility index (Phi) is 6.07. The van der Waals surface area contributed by atoms with Crippen molar-refractivity contribution < 1.29 is 9.59 Å². The second-order valence-corrected chi connectivity index (χ2v) is 5.95. The lowest BCUT2D eigenvalue weighted by atomic mass is 9.96. The first-order chi connectivity index (χ1) is 10.6. The predicted molar refractivity (Wildman–Crippen MR) is 91.5 cm³/mol. The molecule has 0 spiro atoms. The lowest BCUT2D eigenvalue weighted by Crippen LogP contribution is -2.58. The number of unbranched alkanes of at least 4 members (excludes halogenated alkanes) is 4. The molecule has 2 amide bonds. The van der Waals surface area contributed by atoms with E-state index < -0.39 is 5.92 Å². The Hall–Kier alpha value is -1.75. The number of para-hydroxylation sites is 1. The summed E-state index contributed by atoms with van der Waals surface area (Å²) < 4.78 is 0. The zero-order valence-corrected chi connectivity index (χ0v) is 13.7. The van der Waals surface area contributed by atoms with Crippen molar-refractivity contribution in [3.05, 3.63) is 30.3 Å². The monoisotopic (exact) mass is 318 g/mol. The average Bonchev–Trinajstić information content (AvgIpc) is 2.50. The fourth-order valence-electron chi connectivity index (χ4n) is 2.64. The molecule has 1 aromatic rings. The van der Waals surface area contributed by atoms with Crippen LogP contribution >= 0.6 is 12.2 Å². The molecule has 0 radical (unpaired) electrons. The van der Waals surface area contributed by atoms with Crippen LogP contribution in [0.15, 0.2) is 30.3 Å². The Labute approximate surface area is 136 Å². The summed E-state index contributed by atoms with van der Waals surface area (Å²) >= 11 is 5.16. The zero-order chi connectivity index (χ0) is 15.9. The highest BCUT2D eigenvalue weighted by Crippen LogP contribution is 2.23. The number of carbonyl (C=O) groups is 2.